The zero-order valence-corrected chi connectivity index (χ0v) is 11.2. The summed E-state index contributed by atoms with van der Waals surface area (Å²) in [6.45, 7) is 4.09. The Morgan fingerprint density at radius 3 is 3.00 bits per heavy atom. The summed E-state index contributed by atoms with van der Waals surface area (Å²) in [5, 5.41) is 12.6. The van der Waals surface area contributed by atoms with E-state index in [-0.39, 0.29) is 0 Å². The lowest BCUT2D eigenvalue weighted by atomic mass is 10.0. The predicted molar refractivity (Wildman–Crippen MR) is 74.7 cm³/mol. The summed E-state index contributed by atoms with van der Waals surface area (Å²) in [6.07, 6.45) is 3.87. The molecular formula is C15H21N3. The van der Waals surface area contributed by atoms with Gasteiger partial charge in [0.2, 0.25) is 0 Å². The van der Waals surface area contributed by atoms with Gasteiger partial charge in [-0.05, 0) is 45.0 Å². The Kier molecular flexibility index (Phi) is 4.22. The van der Waals surface area contributed by atoms with Gasteiger partial charge in [-0.25, -0.2) is 0 Å². The first-order chi connectivity index (χ1) is 8.72. The zero-order valence-electron chi connectivity index (χ0n) is 11.2. The Morgan fingerprint density at radius 2 is 2.28 bits per heavy atom. The third kappa shape index (κ3) is 2.83. The number of nitriles is 1. The molecule has 1 aliphatic heterocycles. The van der Waals surface area contributed by atoms with E-state index in [9.17, 15) is 5.26 Å². The van der Waals surface area contributed by atoms with Crippen molar-refractivity contribution in [3.63, 3.8) is 0 Å². The predicted octanol–water partition coefficient (Wildman–Crippen LogP) is 2.76. The van der Waals surface area contributed by atoms with Crippen LogP contribution in [0.25, 0.3) is 0 Å². The second-order valence-corrected chi connectivity index (χ2v) is 5.12. The van der Waals surface area contributed by atoms with Crippen LogP contribution in [0.15, 0.2) is 18.2 Å². The van der Waals surface area contributed by atoms with E-state index in [0.29, 0.717) is 6.04 Å². The summed E-state index contributed by atoms with van der Waals surface area (Å²) in [6, 6.07) is 8.86. The maximum absolute atomic E-state index is 9.19. The van der Waals surface area contributed by atoms with Crippen molar-refractivity contribution >= 4 is 5.69 Å². The van der Waals surface area contributed by atoms with Crippen molar-refractivity contribution in [1.29, 1.82) is 5.26 Å². The van der Waals surface area contributed by atoms with Gasteiger partial charge >= 0.3 is 0 Å². The molecule has 96 valence electrons. The van der Waals surface area contributed by atoms with Crippen LogP contribution in [0.1, 0.15) is 30.4 Å². The van der Waals surface area contributed by atoms with Crippen molar-refractivity contribution in [3.05, 3.63) is 29.3 Å². The van der Waals surface area contributed by atoms with E-state index in [0.717, 1.165) is 23.4 Å². The highest BCUT2D eigenvalue weighted by molar-refractivity contribution is 5.60. The van der Waals surface area contributed by atoms with E-state index in [4.69, 9.17) is 0 Å². The fraction of sp³-hybridized carbons (Fsp3) is 0.533. The van der Waals surface area contributed by atoms with Crippen molar-refractivity contribution in [2.24, 2.45) is 0 Å². The van der Waals surface area contributed by atoms with E-state index in [1.54, 1.807) is 0 Å². The summed E-state index contributed by atoms with van der Waals surface area (Å²) < 4.78 is 0. The average molecular weight is 243 g/mol. The summed E-state index contributed by atoms with van der Waals surface area (Å²) in [5.41, 5.74) is 2.78. The highest BCUT2D eigenvalue weighted by atomic mass is 15.2. The number of piperidine rings is 1. The standard InChI is InChI=1S/C15H21N3/c1-12-6-5-8-15(14(12)10-16)17-11-13-7-3-4-9-18(13)2/h5-6,8,13,17H,3-4,7,9,11H2,1-2H3. The van der Waals surface area contributed by atoms with Crippen LogP contribution in [0.5, 0.6) is 0 Å². The van der Waals surface area contributed by atoms with Crippen molar-refractivity contribution in [2.75, 3.05) is 25.5 Å². The fourth-order valence-corrected chi connectivity index (χ4v) is 2.59. The van der Waals surface area contributed by atoms with Crippen LogP contribution in [0.4, 0.5) is 5.69 Å². The Labute approximate surface area is 109 Å². The maximum atomic E-state index is 9.19. The lowest BCUT2D eigenvalue weighted by molar-refractivity contribution is 0.194. The van der Waals surface area contributed by atoms with E-state index in [2.05, 4.69) is 23.3 Å². The molecule has 1 aliphatic rings. The summed E-state index contributed by atoms with van der Waals surface area (Å²) in [4.78, 5) is 2.42. The smallest absolute Gasteiger partial charge is 0.102 e. The van der Waals surface area contributed by atoms with Gasteiger partial charge in [-0.15, -0.1) is 0 Å². The first-order valence-electron chi connectivity index (χ1n) is 6.66. The number of nitrogens with one attached hydrogen (secondary N) is 1. The molecule has 1 atom stereocenters. The third-order valence-corrected chi connectivity index (χ3v) is 3.83. The number of rotatable bonds is 3. The largest absolute Gasteiger partial charge is 0.382 e. The van der Waals surface area contributed by atoms with Crippen molar-refractivity contribution in [3.8, 4) is 6.07 Å². The normalized spacial score (nSPS) is 20.4. The molecule has 0 aromatic heterocycles. The second kappa shape index (κ2) is 5.88. The van der Waals surface area contributed by atoms with Gasteiger partial charge in [-0.1, -0.05) is 18.6 Å². The van der Waals surface area contributed by atoms with Crippen LogP contribution < -0.4 is 5.32 Å². The van der Waals surface area contributed by atoms with Crippen LogP contribution >= 0.6 is 0 Å². The minimum absolute atomic E-state index is 0.589. The number of anilines is 1. The quantitative estimate of drug-likeness (QED) is 0.887. The topological polar surface area (TPSA) is 39.1 Å². The lowest BCUT2D eigenvalue weighted by Gasteiger charge is -2.32. The molecule has 3 nitrogen and oxygen atoms in total. The van der Waals surface area contributed by atoms with Crippen molar-refractivity contribution < 1.29 is 0 Å². The molecule has 0 saturated carbocycles. The van der Waals surface area contributed by atoms with E-state index >= 15 is 0 Å². The van der Waals surface area contributed by atoms with Crippen LogP contribution in [-0.4, -0.2) is 31.1 Å². The first-order valence-corrected chi connectivity index (χ1v) is 6.66. The Morgan fingerprint density at radius 1 is 1.44 bits per heavy atom. The number of hydrogen-bond acceptors (Lipinski definition) is 3. The molecule has 0 spiro atoms. The summed E-state index contributed by atoms with van der Waals surface area (Å²) in [5.74, 6) is 0. The molecule has 3 heteroatoms. The monoisotopic (exact) mass is 243 g/mol. The van der Waals surface area contributed by atoms with Gasteiger partial charge in [0.1, 0.15) is 6.07 Å². The molecule has 1 N–H and O–H groups in total. The van der Waals surface area contributed by atoms with E-state index in [1.165, 1.54) is 25.8 Å². The molecule has 1 saturated heterocycles. The van der Waals surface area contributed by atoms with Crippen LogP contribution in [0, 0.1) is 18.3 Å². The number of hydrogen-bond donors (Lipinski definition) is 1. The minimum atomic E-state index is 0.589. The SMILES string of the molecule is Cc1cccc(NCC2CCCCN2C)c1C#N. The minimum Gasteiger partial charge on any atom is -0.382 e. The second-order valence-electron chi connectivity index (χ2n) is 5.12. The fourth-order valence-electron chi connectivity index (χ4n) is 2.59. The van der Waals surface area contributed by atoms with Crippen molar-refractivity contribution in [1.82, 2.24) is 4.90 Å². The van der Waals surface area contributed by atoms with Gasteiger partial charge in [-0.2, -0.15) is 5.26 Å². The maximum Gasteiger partial charge on any atom is 0.102 e. The molecule has 2 rings (SSSR count). The summed E-state index contributed by atoms with van der Waals surface area (Å²) in [7, 11) is 2.19. The van der Waals surface area contributed by atoms with Gasteiger partial charge in [0.05, 0.1) is 11.3 Å². The van der Waals surface area contributed by atoms with Gasteiger partial charge in [0, 0.05) is 12.6 Å². The first kappa shape index (κ1) is 12.9. The third-order valence-electron chi connectivity index (χ3n) is 3.83. The average Bonchev–Trinajstić information content (AvgIpc) is 2.38. The van der Waals surface area contributed by atoms with Crippen LogP contribution in [0.2, 0.25) is 0 Å². The molecule has 1 heterocycles. The number of likely N-dealkylation sites (N-methyl/N-ethyl adjacent to an activating group) is 1. The van der Waals surface area contributed by atoms with Gasteiger partial charge in [0.25, 0.3) is 0 Å². The summed E-state index contributed by atoms with van der Waals surface area (Å²) >= 11 is 0. The Hall–Kier alpha value is -1.53. The Bertz CT molecular complexity index is 448. The van der Waals surface area contributed by atoms with Gasteiger partial charge in [-0.3, -0.25) is 0 Å². The van der Waals surface area contributed by atoms with E-state index in [1.807, 2.05) is 25.1 Å². The van der Waals surface area contributed by atoms with Crippen molar-refractivity contribution in [2.45, 2.75) is 32.2 Å². The van der Waals surface area contributed by atoms with Gasteiger partial charge in [0.15, 0.2) is 0 Å². The van der Waals surface area contributed by atoms with Gasteiger partial charge < -0.3 is 10.2 Å². The molecule has 0 radical (unpaired) electrons. The molecule has 18 heavy (non-hydrogen) atoms. The molecule has 1 unspecified atom stereocenters. The highest BCUT2D eigenvalue weighted by Gasteiger charge is 2.18. The molecule has 1 fully saturated rings. The molecule has 0 bridgehead atoms. The van der Waals surface area contributed by atoms with Crippen LogP contribution in [0.3, 0.4) is 0 Å². The number of nitrogens with zero attached hydrogens (tertiary/aromatic N) is 2. The molecule has 0 aliphatic carbocycles. The molecule has 1 aromatic rings. The number of aryl methyl sites for hydroxylation is 1. The van der Waals surface area contributed by atoms with E-state index < -0.39 is 0 Å². The molecule has 0 amide bonds. The molecule has 1 aromatic carbocycles. The number of benzene rings is 1. The van der Waals surface area contributed by atoms with Crippen LogP contribution in [-0.2, 0) is 0 Å². The lowest BCUT2D eigenvalue weighted by Crippen LogP contribution is -2.40. The Balaban J connectivity index is 2.02. The zero-order chi connectivity index (χ0) is 13.0. The highest BCUT2D eigenvalue weighted by Crippen LogP contribution is 2.20. The number of likely N-dealkylation sites (tertiary alicyclic amines) is 1. The molecular weight excluding hydrogens is 222 g/mol.